The molecular weight excluding hydrogens is 265 g/mol. The monoisotopic (exact) mass is 276 g/mol. The van der Waals surface area contributed by atoms with Crippen LogP contribution >= 0.6 is 0 Å². The normalized spacial score (nSPS) is 12.5. The summed E-state index contributed by atoms with van der Waals surface area (Å²) in [6, 6.07) is 5.18. The molecule has 1 aromatic rings. The number of benzene rings is 1. The molecular formula is C11H11F3N2O3. The highest BCUT2D eigenvalue weighted by atomic mass is 19.4. The van der Waals surface area contributed by atoms with Crippen molar-refractivity contribution in [2.45, 2.75) is 12.6 Å². The predicted molar refractivity (Wildman–Crippen MR) is 62.2 cm³/mol. The van der Waals surface area contributed by atoms with Crippen LogP contribution in [-0.4, -0.2) is 35.1 Å². The van der Waals surface area contributed by atoms with Crippen LogP contribution in [0.4, 0.5) is 18.9 Å². The van der Waals surface area contributed by atoms with Gasteiger partial charge in [0.25, 0.3) is 5.69 Å². The third-order valence-corrected chi connectivity index (χ3v) is 2.28. The lowest BCUT2D eigenvalue weighted by atomic mass is 10.1. The van der Waals surface area contributed by atoms with Gasteiger partial charge in [-0.2, -0.15) is 13.2 Å². The summed E-state index contributed by atoms with van der Waals surface area (Å²) >= 11 is 0. The van der Waals surface area contributed by atoms with Gasteiger partial charge >= 0.3 is 6.18 Å². The average molecular weight is 276 g/mol. The fourth-order valence-corrected chi connectivity index (χ4v) is 1.45. The summed E-state index contributed by atoms with van der Waals surface area (Å²) in [6.45, 7) is -0.911. The summed E-state index contributed by atoms with van der Waals surface area (Å²) in [5.41, 5.74) is -1.60. The predicted octanol–water partition coefficient (Wildman–Crippen LogP) is 2.13. The average Bonchev–Trinajstić information content (AvgIpc) is 2.33. The zero-order valence-electron chi connectivity index (χ0n) is 9.72. The first kappa shape index (κ1) is 15.1. The molecule has 19 heavy (non-hydrogen) atoms. The second kappa shape index (κ2) is 6.28. The van der Waals surface area contributed by atoms with Crippen LogP contribution in [0.15, 0.2) is 29.3 Å². The molecule has 0 fully saturated rings. The largest absolute Gasteiger partial charge is 0.429 e. The maximum atomic E-state index is 12.7. The molecule has 0 aliphatic rings. The number of nitro benzene ring substituents is 1. The molecule has 0 saturated heterocycles. The maximum Gasteiger partial charge on any atom is 0.429 e. The number of aliphatic hydroxyl groups is 1. The number of aliphatic hydroxyl groups excluding tert-OH is 1. The van der Waals surface area contributed by atoms with Crippen LogP contribution in [0.3, 0.4) is 0 Å². The van der Waals surface area contributed by atoms with E-state index in [-0.39, 0.29) is 11.3 Å². The molecule has 0 spiro atoms. The molecule has 0 bridgehead atoms. The van der Waals surface area contributed by atoms with E-state index >= 15 is 0 Å². The van der Waals surface area contributed by atoms with Crippen LogP contribution < -0.4 is 0 Å². The van der Waals surface area contributed by atoms with Crippen LogP contribution in [-0.2, 0) is 6.42 Å². The van der Waals surface area contributed by atoms with E-state index in [2.05, 4.69) is 4.99 Å². The first-order valence-electron chi connectivity index (χ1n) is 5.30. The Kier molecular flexibility index (Phi) is 4.99. The second-order valence-electron chi connectivity index (χ2n) is 3.61. The molecule has 0 aliphatic heterocycles. The Hall–Kier alpha value is -1.96. The Bertz CT molecular complexity index is 486. The Balaban J connectivity index is 3.07. The number of halogens is 3. The van der Waals surface area contributed by atoms with Crippen LogP contribution in [0, 0.1) is 10.1 Å². The summed E-state index contributed by atoms with van der Waals surface area (Å²) in [6.07, 6.45) is -5.38. The van der Waals surface area contributed by atoms with Crippen LogP contribution in [0.1, 0.15) is 5.56 Å². The van der Waals surface area contributed by atoms with Gasteiger partial charge in [-0.3, -0.25) is 15.1 Å². The molecule has 0 amide bonds. The minimum Gasteiger partial charge on any atom is -0.394 e. The highest BCUT2D eigenvalue weighted by Crippen LogP contribution is 2.24. The number of nitro groups is 1. The Morgan fingerprint density at radius 1 is 1.37 bits per heavy atom. The van der Waals surface area contributed by atoms with Gasteiger partial charge in [-0.1, -0.05) is 18.2 Å². The molecule has 1 N–H and O–H groups in total. The number of alkyl halides is 3. The lowest BCUT2D eigenvalue weighted by Crippen LogP contribution is -2.26. The molecule has 0 heterocycles. The van der Waals surface area contributed by atoms with Crippen molar-refractivity contribution in [1.82, 2.24) is 0 Å². The molecule has 8 heteroatoms. The van der Waals surface area contributed by atoms with Gasteiger partial charge < -0.3 is 5.11 Å². The van der Waals surface area contributed by atoms with E-state index in [4.69, 9.17) is 5.11 Å². The lowest BCUT2D eigenvalue weighted by molar-refractivity contribution is -0.385. The third kappa shape index (κ3) is 4.32. The molecule has 1 aromatic carbocycles. The van der Waals surface area contributed by atoms with E-state index < -0.39 is 36.4 Å². The molecule has 0 aliphatic carbocycles. The standard InChI is InChI=1S/C11H11F3N2O3/c12-11(13,14)10(15-5-6-17)7-8-3-1-2-4-9(8)16(18)19/h1-4,17H,5-7H2. The first-order valence-corrected chi connectivity index (χ1v) is 5.30. The number of para-hydroxylation sites is 1. The van der Waals surface area contributed by atoms with Crippen molar-refractivity contribution in [2.75, 3.05) is 13.2 Å². The molecule has 0 aromatic heterocycles. The van der Waals surface area contributed by atoms with Crippen molar-refractivity contribution in [1.29, 1.82) is 0 Å². The van der Waals surface area contributed by atoms with Crippen molar-refractivity contribution in [3.8, 4) is 0 Å². The van der Waals surface area contributed by atoms with Gasteiger partial charge in [-0.15, -0.1) is 0 Å². The summed E-state index contributed by atoms with van der Waals surface area (Å²) < 4.78 is 38.0. The molecule has 0 unspecified atom stereocenters. The highest BCUT2D eigenvalue weighted by molar-refractivity contribution is 5.92. The quantitative estimate of drug-likeness (QED) is 0.508. The van der Waals surface area contributed by atoms with Crippen LogP contribution in [0.25, 0.3) is 0 Å². The SMILES string of the molecule is O=[N+]([O-])c1ccccc1CC(=NCCO)C(F)(F)F. The van der Waals surface area contributed by atoms with Gasteiger partial charge in [-0.25, -0.2) is 0 Å². The first-order chi connectivity index (χ1) is 8.86. The fraction of sp³-hybridized carbons (Fsp3) is 0.364. The number of rotatable bonds is 5. The van der Waals surface area contributed by atoms with E-state index in [1.165, 1.54) is 18.2 Å². The zero-order valence-corrected chi connectivity index (χ0v) is 9.72. The number of aliphatic imine (C=N–C) groups is 1. The number of hydrogen-bond donors (Lipinski definition) is 1. The Morgan fingerprint density at radius 3 is 2.53 bits per heavy atom. The van der Waals surface area contributed by atoms with E-state index in [9.17, 15) is 23.3 Å². The number of nitrogens with zero attached hydrogens (tertiary/aromatic N) is 2. The molecule has 0 atom stereocenters. The summed E-state index contributed by atoms with van der Waals surface area (Å²) in [5.74, 6) is 0. The Labute approximate surface area is 106 Å². The van der Waals surface area contributed by atoms with Gasteiger partial charge in [0, 0.05) is 18.1 Å². The molecule has 104 valence electrons. The minimum absolute atomic E-state index is 0.0680. The van der Waals surface area contributed by atoms with Gasteiger partial charge in [0.1, 0.15) is 5.71 Å². The Morgan fingerprint density at radius 2 is 2.00 bits per heavy atom. The number of hydrogen-bond acceptors (Lipinski definition) is 4. The van der Waals surface area contributed by atoms with Gasteiger partial charge in [0.05, 0.1) is 18.1 Å². The second-order valence-corrected chi connectivity index (χ2v) is 3.61. The van der Waals surface area contributed by atoms with E-state index in [0.717, 1.165) is 6.07 Å². The van der Waals surface area contributed by atoms with Gasteiger partial charge in [0.15, 0.2) is 0 Å². The van der Waals surface area contributed by atoms with Crippen LogP contribution in [0.2, 0.25) is 0 Å². The lowest BCUT2D eigenvalue weighted by Gasteiger charge is -2.10. The van der Waals surface area contributed by atoms with Crippen LogP contribution in [0.5, 0.6) is 0 Å². The van der Waals surface area contributed by atoms with E-state index in [0.29, 0.717) is 0 Å². The van der Waals surface area contributed by atoms with Crippen molar-refractivity contribution >= 4 is 11.4 Å². The van der Waals surface area contributed by atoms with Crippen molar-refractivity contribution in [2.24, 2.45) is 4.99 Å². The smallest absolute Gasteiger partial charge is 0.394 e. The zero-order chi connectivity index (χ0) is 14.5. The summed E-state index contributed by atoms with van der Waals surface area (Å²) in [7, 11) is 0. The summed E-state index contributed by atoms with van der Waals surface area (Å²) in [4.78, 5) is 13.2. The van der Waals surface area contributed by atoms with Crippen molar-refractivity contribution < 1.29 is 23.2 Å². The molecule has 1 rings (SSSR count). The topological polar surface area (TPSA) is 75.7 Å². The van der Waals surface area contributed by atoms with E-state index in [1.54, 1.807) is 0 Å². The van der Waals surface area contributed by atoms with Crippen molar-refractivity contribution in [3.63, 3.8) is 0 Å². The molecule has 5 nitrogen and oxygen atoms in total. The maximum absolute atomic E-state index is 12.7. The van der Waals surface area contributed by atoms with Gasteiger partial charge in [0.2, 0.25) is 0 Å². The third-order valence-electron chi connectivity index (χ3n) is 2.28. The van der Waals surface area contributed by atoms with Gasteiger partial charge in [-0.05, 0) is 0 Å². The molecule has 0 radical (unpaired) electrons. The summed E-state index contributed by atoms with van der Waals surface area (Å²) in [5, 5.41) is 19.2. The fourth-order valence-electron chi connectivity index (χ4n) is 1.45. The molecule has 0 saturated carbocycles. The van der Waals surface area contributed by atoms with Crippen molar-refractivity contribution in [3.05, 3.63) is 39.9 Å². The minimum atomic E-state index is -4.68. The highest BCUT2D eigenvalue weighted by Gasteiger charge is 2.36. The van der Waals surface area contributed by atoms with E-state index in [1.807, 2.05) is 0 Å².